The van der Waals surface area contributed by atoms with Crippen molar-refractivity contribution in [1.82, 2.24) is 0 Å². The van der Waals surface area contributed by atoms with Gasteiger partial charge in [-0.1, -0.05) is 66.7 Å². The predicted molar refractivity (Wildman–Crippen MR) is 93.9 cm³/mol. The molecule has 0 unspecified atom stereocenters. The Bertz CT molecular complexity index is 707. The minimum atomic E-state index is -3.23. The minimum Gasteiger partial charge on any atom is -0.423 e. The van der Waals surface area contributed by atoms with E-state index in [9.17, 15) is 14.8 Å². The van der Waals surface area contributed by atoms with Crippen LogP contribution in [-0.4, -0.2) is 30.3 Å². The SMILES string of the molecule is OB(O)c1ccsc1[Si](O)(c1ccccc1)c1ccccc1. The van der Waals surface area contributed by atoms with E-state index in [0.717, 1.165) is 10.4 Å². The van der Waals surface area contributed by atoms with Crippen LogP contribution in [-0.2, 0) is 0 Å². The Morgan fingerprint density at radius 3 is 1.73 bits per heavy atom. The van der Waals surface area contributed by atoms with E-state index in [1.54, 1.807) is 11.4 Å². The van der Waals surface area contributed by atoms with Gasteiger partial charge in [0.2, 0.25) is 0 Å². The van der Waals surface area contributed by atoms with Crippen LogP contribution in [0.5, 0.6) is 0 Å². The summed E-state index contributed by atoms with van der Waals surface area (Å²) in [5.41, 5.74) is 0.381. The summed E-state index contributed by atoms with van der Waals surface area (Å²) in [4.78, 5) is 11.7. The topological polar surface area (TPSA) is 60.7 Å². The fourth-order valence-corrected chi connectivity index (χ4v) is 7.70. The third-order valence-electron chi connectivity index (χ3n) is 3.69. The lowest BCUT2D eigenvalue weighted by Crippen LogP contribution is -2.71. The molecule has 110 valence electrons. The van der Waals surface area contributed by atoms with Gasteiger partial charge in [-0.2, -0.15) is 11.3 Å². The number of rotatable bonds is 4. The van der Waals surface area contributed by atoms with Crippen molar-refractivity contribution in [3.05, 3.63) is 72.1 Å². The molecule has 3 aromatic rings. The summed E-state index contributed by atoms with van der Waals surface area (Å²) in [6, 6.07) is 20.6. The molecule has 0 saturated heterocycles. The van der Waals surface area contributed by atoms with E-state index in [-0.39, 0.29) is 0 Å². The van der Waals surface area contributed by atoms with Crippen LogP contribution in [0, 0.1) is 0 Å². The summed E-state index contributed by atoms with van der Waals surface area (Å²) in [6.45, 7) is 0. The van der Waals surface area contributed by atoms with Gasteiger partial charge in [-0.15, -0.1) is 0 Å². The van der Waals surface area contributed by atoms with Crippen molar-refractivity contribution in [2.75, 3.05) is 0 Å². The maximum Gasteiger partial charge on any atom is 0.489 e. The monoisotopic (exact) mass is 326 g/mol. The molecule has 6 heteroatoms. The van der Waals surface area contributed by atoms with Crippen molar-refractivity contribution in [3.8, 4) is 0 Å². The smallest absolute Gasteiger partial charge is 0.423 e. The van der Waals surface area contributed by atoms with Gasteiger partial charge in [0.15, 0.2) is 0 Å². The van der Waals surface area contributed by atoms with Crippen molar-refractivity contribution in [2.24, 2.45) is 0 Å². The van der Waals surface area contributed by atoms with E-state index in [2.05, 4.69) is 0 Å². The van der Waals surface area contributed by atoms with Crippen LogP contribution in [0.3, 0.4) is 0 Å². The van der Waals surface area contributed by atoms with Gasteiger partial charge in [0.1, 0.15) is 0 Å². The highest BCUT2D eigenvalue weighted by atomic mass is 32.1. The lowest BCUT2D eigenvalue weighted by Gasteiger charge is -2.26. The molecule has 0 aliphatic rings. The molecular formula is C16H15BO3SSi. The predicted octanol–water partition coefficient (Wildman–Crippen LogP) is -0.613. The molecule has 3 rings (SSSR count). The average molecular weight is 326 g/mol. The van der Waals surface area contributed by atoms with Crippen molar-refractivity contribution in [3.63, 3.8) is 0 Å². The number of benzene rings is 2. The molecule has 0 spiro atoms. The maximum absolute atomic E-state index is 11.7. The molecular weight excluding hydrogens is 311 g/mol. The lowest BCUT2D eigenvalue weighted by molar-refractivity contribution is 0.426. The Balaban J connectivity index is 2.27. The fourth-order valence-electron chi connectivity index (χ4n) is 2.60. The summed E-state index contributed by atoms with van der Waals surface area (Å²) < 4.78 is 0.653. The molecule has 0 radical (unpaired) electrons. The van der Waals surface area contributed by atoms with Gasteiger partial charge in [0.05, 0.1) is 0 Å². The molecule has 0 atom stereocenters. The zero-order valence-electron chi connectivity index (χ0n) is 11.8. The molecule has 3 nitrogen and oxygen atoms in total. The molecule has 0 bridgehead atoms. The highest BCUT2D eigenvalue weighted by Crippen LogP contribution is 2.07. The summed E-state index contributed by atoms with van der Waals surface area (Å²) in [7, 11) is -4.82. The number of hydrogen-bond acceptors (Lipinski definition) is 4. The first-order valence-electron chi connectivity index (χ1n) is 6.91. The third-order valence-corrected chi connectivity index (χ3v) is 8.95. The second-order valence-corrected chi connectivity index (χ2v) is 9.38. The van der Waals surface area contributed by atoms with Crippen LogP contribution >= 0.6 is 11.3 Å². The molecule has 3 N–H and O–H groups in total. The Labute approximate surface area is 134 Å². The Morgan fingerprint density at radius 2 is 1.27 bits per heavy atom. The van der Waals surface area contributed by atoms with Crippen LogP contribution in [0.1, 0.15) is 0 Å². The Hall–Kier alpha value is -1.70. The van der Waals surface area contributed by atoms with Crippen molar-refractivity contribution < 1.29 is 14.8 Å². The molecule has 0 aliphatic carbocycles. The molecule has 1 heterocycles. The van der Waals surface area contributed by atoms with Gasteiger partial charge in [-0.3, -0.25) is 0 Å². The Kier molecular flexibility index (Phi) is 4.28. The van der Waals surface area contributed by atoms with Crippen LogP contribution in [0.25, 0.3) is 0 Å². The van der Waals surface area contributed by atoms with E-state index in [4.69, 9.17) is 0 Å². The standard InChI is InChI=1S/C16H15BO3SSi/c18-17(19)15-11-12-21-16(15)22(20,13-7-3-1-4-8-13)14-9-5-2-6-10-14/h1-12,18-20H. The van der Waals surface area contributed by atoms with Crippen molar-refractivity contribution in [1.29, 1.82) is 0 Å². The molecule has 1 aromatic heterocycles. The fraction of sp³-hybridized carbons (Fsp3) is 0. The van der Waals surface area contributed by atoms with Crippen LogP contribution in [0.4, 0.5) is 0 Å². The minimum absolute atomic E-state index is 0.381. The zero-order valence-corrected chi connectivity index (χ0v) is 13.6. The van der Waals surface area contributed by atoms with E-state index < -0.39 is 15.4 Å². The molecule has 0 amide bonds. The maximum atomic E-state index is 11.7. The van der Waals surface area contributed by atoms with E-state index in [0.29, 0.717) is 9.96 Å². The summed E-state index contributed by atoms with van der Waals surface area (Å²) in [5, 5.41) is 22.7. The molecule has 22 heavy (non-hydrogen) atoms. The first-order chi connectivity index (χ1) is 10.6. The third kappa shape index (κ3) is 2.56. The second kappa shape index (κ2) is 6.20. The highest BCUT2D eigenvalue weighted by molar-refractivity contribution is 7.31. The van der Waals surface area contributed by atoms with Crippen molar-refractivity contribution >= 4 is 47.1 Å². The molecule has 0 saturated carbocycles. The summed E-state index contributed by atoms with van der Waals surface area (Å²) >= 11 is 1.37. The van der Waals surface area contributed by atoms with Gasteiger partial charge in [0, 0.05) is 4.50 Å². The highest BCUT2D eigenvalue weighted by Gasteiger charge is 2.42. The number of hydrogen-bond donors (Lipinski definition) is 3. The first kappa shape index (κ1) is 15.2. The quantitative estimate of drug-likeness (QED) is 0.561. The first-order valence-corrected chi connectivity index (χ1v) is 9.74. The van der Waals surface area contributed by atoms with Crippen LogP contribution in [0.15, 0.2) is 72.1 Å². The summed E-state index contributed by atoms with van der Waals surface area (Å²) in [6.07, 6.45) is 0. The second-order valence-electron chi connectivity index (χ2n) is 5.02. The molecule has 2 aromatic carbocycles. The van der Waals surface area contributed by atoms with E-state index in [1.165, 1.54) is 11.3 Å². The van der Waals surface area contributed by atoms with E-state index >= 15 is 0 Å². The van der Waals surface area contributed by atoms with Crippen LogP contribution in [0.2, 0.25) is 0 Å². The van der Waals surface area contributed by atoms with Crippen LogP contribution < -0.4 is 20.3 Å². The lowest BCUT2D eigenvalue weighted by atomic mass is 9.83. The Morgan fingerprint density at radius 1 is 0.773 bits per heavy atom. The molecule has 0 aliphatic heterocycles. The normalized spacial score (nSPS) is 11.4. The van der Waals surface area contributed by atoms with Gasteiger partial charge in [0.25, 0.3) is 8.32 Å². The van der Waals surface area contributed by atoms with Crippen molar-refractivity contribution in [2.45, 2.75) is 0 Å². The average Bonchev–Trinajstić information content (AvgIpc) is 3.06. The molecule has 0 fully saturated rings. The van der Waals surface area contributed by atoms with Gasteiger partial charge in [-0.05, 0) is 21.2 Å². The largest absolute Gasteiger partial charge is 0.489 e. The number of thiophene rings is 1. The zero-order chi connectivity index (χ0) is 15.6. The van der Waals surface area contributed by atoms with Gasteiger partial charge >= 0.3 is 7.12 Å². The summed E-state index contributed by atoms with van der Waals surface area (Å²) in [5.74, 6) is 0. The van der Waals surface area contributed by atoms with Gasteiger partial charge < -0.3 is 14.8 Å². The van der Waals surface area contributed by atoms with E-state index in [1.807, 2.05) is 60.7 Å². The van der Waals surface area contributed by atoms with Gasteiger partial charge in [-0.25, -0.2) is 0 Å².